The average Bonchev–Trinajstić information content (AvgIpc) is 2.90. The van der Waals surface area contributed by atoms with E-state index < -0.39 is 53.5 Å². The lowest BCUT2D eigenvalue weighted by Crippen LogP contribution is -2.42. The fourth-order valence-corrected chi connectivity index (χ4v) is 4.12. The monoisotopic (exact) mass is 576 g/mol. The minimum Gasteiger partial charge on any atom is -0.481 e. The van der Waals surface area contributed by atoms with Gasteiger partial charge in [-0.1, -0.05) is 26.0 Å². The third-order valence-electron chi connectivity index (χ3n) is 6.03. The summed E-state index contributed by atoms with van der Waals surface area (Å²) in [4.78, 5) is 85.6. The molecule has 0 saturated carbocycles. The van der Waals surface area contributed by atoms with Crippen LogP contribution in [-0.4, -0.2) is 64.8 Å². The first kappa shape index (κ1) is 34.9. The maximum absolute atomic E-state index is 13.1. The van der Waals surface area contributed by atoms with Crippen LogP contribution in [0.1, 0.15) is 64.9 Å². The van der Waals surface area contributed by atoms with E-state index in [1.54, 1.807) is 6.92 Å². The van der Waals surface area contributed by atoms with Crippen molar-refractivity contribution in [3.8, 4) is 0 Å². The molecule has 1 aromatic rings. The van der Waals surface area contributed by atoms with Crippen molar-refractivity contribution in [1.29, 1.82) is 0 Å². The van der Waals surface area contributed by atoms with Crippen LogP contribution in [-0.2, 0) is 51.2 Å². The van der Waals surface area contributed by atoms with Gasteiger partial charge >= 0.3 is 17.9 Å². The Balaban J connectivity index is 3.01. The molecule has 0 radical (unpaired) electrons. The summed E-state index contributed by atoms with van der Waals surface area (Å²) in [6, 6.07) is 1.92. The van der Waals surface area contributed by atoms with E-state index in [4.69, 9.17) is 14.6 Å². The third-order valence-corrected chi connectivity index (χ3v) is 6.03. The molecule has 0 saturated heterocycles. The molecule has 2 N–H and O–H groups in total. The number of aliphatic carboxylic acids is 1. The average molecular weight is 577 g/mol. The van der Waals surface area contributed by atoms with Crippen molar-refractivity contribution in [1.82, 2.24) is 9.88 Å². The van der Waals surface area contributed by atoms with Crippen LogP contribution in [0.15, 0.2) is 35.3 Å². The Bertz CT molecular complexity index is 1170. The molecule has 226 valence electrons. The van der Waals surface area contributed by atoms with Gasteiger partial charge in [-0.15, -0.1) is 0 Å². The number of nitrogens with one attached hydrogen (secondary N) is 1. The molecule has 1 heterocycles. The number of aromatic nitrogens is 1. The molecule has 0 bridgehead atoms. The lowest BCUT2D eigenvalue weighted by molar-refractivity contribution is -0.148. The zero-order chi connectivity index (χ0) is 30.9. The topological polar surface area (TPSA) is 175 Å². The van der Waals surface area contributed by atoms with Gasteiger partial charge in [-0.25, -0.2) is 4.79 Å². The summed E-state index contributed by atoms with van der Waals surface area (Å²) in [6.45, 7) is 5.41. The number of carboxylic acid groups (broad SMARTS) is 1. The molecule has 0 unspecified atom stereocenters. The number of carbonyl (C=O) groups is 6. The van der Waals surface area contributed by atoms with Crippen molar-refractivity contribution < 1.29 is 43.3 Å². The first-order chi connectivity index (χ1) is 19.4. The van der Waals surface area contributed by atoms with Crippen molar-refractivity contribution in [2.24, 2.45) is 11.8 Å². The number of ketones is 2. The SMILES string of the molecule is CCOC(=O)/C=C/CC[C@H](NC(=O)CCC(=O)O)C(=O)Cc1cccn(CC(=O)C[C@H](CC(C)C)C(=O)OC)c1=O. The van der Waals surface area contributed by atoms with E-state index in [-0.39, 0.29) is 62.5 Å². The first-order valence-electron chi connectivity index (χ1n) is 13.5. The van der Waals surface area contributed by atoms with Gasteiger partial charge in [-0.3, -0.25) is 28.8 Å². The van der Waals surface area contributed by atoms with Gasteiger partial charge in [0.05, 0.1) is 38.6 Å². The van der Waals surface area contributed by atoms with Crippen molar-refractivity contribution >= 4 is 35.4 Å². The number of rotatable bonds is 19. The largest absolute Gasteiger partial charge is 0.481 e. The number of Topliss-reactive ketones (excluding diaryl/α,β-unsaturated/α-hetero) is 2. The van der Waals surface area contributed by atoms with Crippen LogP contribution in [0.3, 0.4) is 0 Å². The van der Waals surface area contributed by atoms with Crippen LogP contribution in [0, 0.1) is 11.8 Å². The van der Waals surface area contributed by atoms with Gasteiger partial charge in [0.1, 0.15) is 0 Å². The van der Waals surface area contributed by atoms with E-state index in [0.29, 0.717) is 6.42 Å². The van der Waals surface area contributed by atoms with Gasteiger partial charge in [0.15, 0.2) is 11.6 Å². The highest BCUT2D eigenvalue weighted by molar-refractivity contribution is 5.91. The predicted molar refractivity (Wildman–Crippen MR) is 148 cm³/mol. The number of pyridine rings is 1. The molecule has 0 aromatic carbocycles. The van der Waals surface area contributed by atoms with E-state index in [1.807, 2.05) is 13.8 Å². The van der Waals surface area contributed by atoms with Crippen molar-refractivity contribution in [3.63, 3.8) is 0 Å². The minimum atomic E-state index is -1.16. The molecule has 12 nitrogen and oxygen atoms in total. The van der Waals surface area contributed by atoms with Crippen LogP contribution in [0.4, 0.5) is 0 Å². The van der Waals surface area contributed by atoms with E-state index >= 15 is 0 Å². The van der Waals surface area contributed by atoms with E-state index in [2.05, 4.69) is 5.32 Å². The van der Waals surface area contributed by atoms with Crippen LogP contribution in [0.25, 0.3) is 0 Å². The Morgan fingerprint density at radius 2 is 1.83 bits per heavy atom. The highest BCUT2D eigenvalue weighted by Crippen LogP contribution is 2.18. The fourth-order valence-electron chi connectivity index (χ4n) is 4.12. The lowest BCUT2D eigenvalue weighted by atomic mass is 9.92. The summed E-state index contributed by atoms with van der Waals surface area (Å²) in [5.41, 5.74) is -0.463. The van der Waals surface area contributed by atoms with E-state index in [0.717, 1.165) is 4.57 Å². The van der Waals surface area contributed by atoms with Crippen LogP contribution in [0.2, 0.25) is 0 Å². The summed E-state index contributed by atoms with van der Waals surface area (Å²) >= 11 is 0. The highest BCUT2D eigenvalue weighted by atomic mass is 16.5. The predicted octanol–water partition coefficient (Wildman–Crippen LogP) is 2.00. The summed E-state index contributed by atoms with van der Waals surface area (Å²) < 4.78 is 10.8. The number of carbonyl (C=O) groups excluding carboxylic acids is 5. The summed E-state index contributed by atoms with van der Waals surface area (Å²) in [6.07, 6.45) is 3.69. The lowest BCUT2D eigenvalue weighted by Gasteiger charge is -2.18. The molecule has 41 heavy (non-hydrogen) atoms. The third kappa shape index (κ3) is 13.7. The summed E-state index contributed by atoms with van der Waals surface area (Å²) in [5.74, 6) is -4.17. The molecule has 12 heteroatoms. The standard InChI is InChI=1S/C29H40N2O10/c1-5-41-27(37)11-7-6-10-23(30-25(34)12-13-26(35)36)24(33)17-20-9-8-14-31(28(20)38)18-22(32)16-21(15-19(2)3)29(39)40-4/h7-9,11,14,19,21,23H,5-6,10,12-13,15-18H2,1-4H3,(H,30,34)(H,35,36)/b11-7+/t21-,23-/m0/s1. The minimum absolute atomic E-state index is 0.0930. The van der Waals surface area contributed by atoms with Crippen LogP contribution in [0.5, 0.6) is 0 Å². The molecule has 0 aliphatic heterocycles. The second-order valence-electron chi connectivity index (χ2n) is 9.95. The highest BCUT2D eigenvalue weighted by Gasteiger charge is 2.25. The first-order valence-corrected chi connectivity index (χ1v) is 13.5. The van der Waals surface area contributed by atoms with Crippen LogP contribution >= 0.6 is 0 Å². The maximum atomic E-state index is 13.1. The van der Waals surface area contributed by atoms with Gasteiger partial charge < -0.3 is 24.5 Å². The van der Waals surface area contributed by atoms with Gasteiger partial charge in [0.25, 0.3) is 5.56 Å². The molecule has 0 fully saturated rings. The quantitative estimate of drug-likeness (QED) is 0.183. The maximum Gasteiger partial charge on any atom is 0.330 e. The molecule has 1 amide bonds. The number of esters is 2. The molecular formula is C29H40N2O10. The molecule has 2 atom stereocenters. The number of methoxy groups -OCH3 is 1. The number of hydrogen-bond donors (Lipinski definition) is 2. The van der Waals surface area contributed by atoms with Crippen LogP contribution < -0.4 is 10.9 Å². The zero-order valence-electron chi connectivity index (χ0n) is 24.1. The van der Waals surface area contributed by atoms with Gasteiger partial charge in [0.2, 0.25) is 5.91 Å². The van der Waals surface area contributed by atoms with Gasteiger partial charge in [0, 0.05) is 37.1 Å². The Kier molecular flexibility index (Phi) is 15.6. The van der Waals surface area contributed by atoms with Crippen molar-refractivity contribution in [3.05, 3.63) is 46.4 Å². The summed E-state index contributed by atoms with van der Waals surface area (Å²) in [7, 11) is 1.25. The number of carboxylic acids is 1. The number of nitrogens with zero attached hydrogens (tertiary/aromatic N) is 1. The van der Waals surface area contributed by atoms with Crippen molar-refractivity contribution in [2.75, 3.05) is 13.7 Å². The Labute approximate surface area is 239 Å². The second-order valence-corrected chi connectivity index (χ2v) is 9.95. The number of amides is 1. The Morgan fingerprint density at radius 3 is 2.44 bits per heavy atom. The fraction of sp³-hybridized carbons (Fsp3) is 0.552. The smallest absolute Gasteiger partial charge is 0.330 e. The second kappa shape index (κ2) is 18.3. The molecule has 1 rings (SSSR count). The zero-order valence-corrected chi connectivity index (χ0v) is 24.1. The molecule has 0 spiro atoms. The number of ether oxygens (including phenoxy) is 2. The summed E-state index contributed by atoms with van der Waals surface area (Å²) in [5, 5.41) is 11.3. The van der Waals surface area contributed by atoms with Gasteiger partial charge in [-0.05, 0) is 38.2 Å². The Morgan fingerprint density at radius 1 is 1.12 bits per heavy atom. The molecule has 0 aliphatic rings. The molecule has 1 aromatic heterocycles. The molecule has 0 aliphatic carbocycles. The van der Waals surface area contributed by atoms with E-state index in [9.17, 15) is 33.6 Å². The number of allylic oxidation sites excluding steroid dienone is 1. The molecular weight excluding hydrogens is 536 g/mol. The van der Waals surface area contributed by atoms with Crippen molar-refractivity contribution in [2.45, 2.75) is 78.3 Å². The number of hydrogen-bond acceptors (Lipinski definition) is 9. The van der Waals surface area contributed by atoms with E-state index in [1.165, 1.54) is 37.6 Å². The van der Waals surface area contributed by atoms with Gasteiger partial charge in [-0.2, -0.15) is 0 Å². The normalized spacial score (nSPS) is 12.5. The Hall–Kier alpha value is -4.09.